The molecule has 3 N–H and O–H groups in total. The zero-order valence-electron chi connectivity index (χ0n) is 20.7. The van der Waals surface area contributed by atoms with Crippen LogP contribution in [0.3, 0.4) is 0 Å². The van der Waals surface area contributed by atoms with Crippen molar-refractivity contribution < 1.29 is 18.4 Å². The lowest BCUT2D eigenvalue weighted by atomic mass is 10.1. The van der Waals surface area contributed by atoms with E-state index in [0.29, 0.717) is 29.8 Å². The monoisotopic (exact) mass is 632 g/mol. The smallest absolute Gasteiger partial charge is 0.176 e. The van der Waals surface area contributed by atoms with Crippen molar-refractivity contribution in [3.8, 4) is 0 Å². The van der Waals surface area contributed by atoms with E-state index in [0.717, 1.165) is 39.3 Å². The molecule has 2 fully saturated rings. The Balaban J connectivity index is 0.000000293. The van der Waals surface area contributed by atoms with Gasteiger partial charge in [0.25, 0.3) is 0 Å². The van der Waals surface area contributed by atoms with Crippen LogP contribution in [-0.2, 0) is 0 Å². The number of nitrogens with one attached hydrogen (secondary N) is 3. The molecule has 0 amide bonds. The van der Waals surface area contributed by atoms with E-state index in [1.54, 1.807) is 12.1 Å². The number of carbonyl (C=O) groups excluding carboxylic acids is 2. The van der Waals surface area contributed by atoms with Crippen molar-refractivity contribution in [2.24, 2.45) is 0 Å². The van der Waals surface area contributed by atoms with Crippen molar-refractivity contribution >= 4 is 44.5 Å². The van der Waals surface area contributed by atoms with Crippen LogP contribution in [0.1, 0.15) is 34.6 Å². The van der Waals surface area contributed by atoms with Crippen LogP contribution in [0.25, 0.3) is 0 Å². The largest absolute Gasteiger partial charge is 0.314 e. The average Bonchev–Trinajstić information content (AvgIpc) is 2.86. The van der Waals surface area contributed by atoms with Gasteiger partial charge in [0.05, 0.1) is 11.9 Å². The molecule has 0 bridgehead atoms. The summed E-state index contributed by atoms with van der Waals surface area (Å²) in [6, 6.07) is 12.3. The van der Waals surface area contributed by atoms with Gasteiger partial charge in [-0.15, -0.1) is 17.0 Å². The minimum Gasteiger partial charge on any atom is -0.314 e. The molecule has 2 saturated heterocycles. The molecule has 4 rings (SSSR count). The Labute approximate surface area is 231 Å². The lowest BCUT2D eigenvalue weighted by molar-refractivity contribution is 0.0907. The summed E-state index contributed by atoms with van der Waals surface area (Å²) in [4.78, 5) is 25.0. The molecule has 0 aromatic heterocycles. The average molecular weight is 634 g/mol. The summed E-state index contributed by atoms with van der Waals surface area (Å²) in [6.45, 7) is 10.8. The number of piperazine rings is 2. The standard InChI is InChI=1S/C13H17FN2O.C8H6BrFO.C5H12N2.BrH/c1-10-8-16(7-6-15-10)9-13(17)11-2-4-12(14)5-3-11;9-5-8(11)6-1-3-7(10)4-2-6;1-5-4-6-2-3-7-5;/h2-5,10,15H,6-9H2,1H3;1-4H,5H2;5-7H,2-4H2,1H3;1H/t10-;;5-;/m0.0./s1. The van der Waals surface area contributed by atoms with Gasteiger partial charge < -0.3 is 16.0 Å². The maximum absolute atomic E-state index is 12.7. The lowest BCUT2D eigenvalue weighted by Gasteiger charge is -2.31. The Hall–Kier alpha value is -1.56. The molecule has 10 heteroatoms. The van der Waals surface area contributed by atoms with Gasteiger partial charge >= 0.3 is 0 Å². The van der Waals surface area contributed by atoms with Gasteiger partial charge in [-0.1, -0.05) is 15.9 Å². The van der Waals surface area contributed by atoms with Gasteiger partial charge in [-0.25, -0.2) is 8.78 Å². The molecule has 0 saturated carbocycles. The first-order chi connectivity index (χ1) is 16.8. The van der Waals surface area contributed by atoms with Crippen LogP contribution >= 0.6 is 32.9 Å². The van der Waals surface area contributed by atoms with Crippen LogP contribution in [0.5, 0.6) is 0 Å². The molecule has 200 valence electrons. The molecule has 0 aliphatic carbocycles. The van der Waals surface area contributed by atoms with Gasteiger partial charge in [0, 0.05) is 62.5 Å². The normalized spacial score (nSPS) is 19.5. The number of nitrogens with zero attached hydrogens (tertiary/aromatic N) is 1. The van der Waals surface area contributed by atoms with Gasteiger partial charge in [0.15, 0.2) is 11.6 Å². The topological polar surface area (TPSA) is 73.5 Å². The molecule has 0 spiro atoms. The minimum atomic E-state index is -0.323. The minimum absolute atomic E-state index is 0. The Kier molecular flexibility index (Phi) is 16.1. The van der Waals surface area contributed by atoms with E-state index in [9.17, 15) is 18.4 Å². The third-order valence-electron chi connectivity index (χ3n) is 5.52. The Morgan fingerprint density at radius 3 is 1.81 bits per heavy atom. The summed E-state index contributed by atoms with van der Waals surface area (Å²) in [7, 11) is 0. The molecule has 2 heterocycles. The first-order valence-corrected chi connectivity index (χ1v) is 12.9. The van der Waals surface area contributed by atoms with Crippen molar-refractivity contribution in [1.82, 2.24) is 20.9 Å². The van der Waals surface area contributed by atoms with Gasteiger partial charge in [-0.2, -0.15) is 0 Å². The second kappa shape index (κ2) is 17.8. The fourth-order valence-electron chi connectivity index (χ4n) is 3.60. The van der Waals surface area contributed by atoms with Crippen LogP contribution in [0, 0.1) is 11.6 Å². The summed E-state index contributed by atoms with van der Waals surface area (Å²) >= 11 is 3.03. The Bertz CT molecular complexity index is 911. The highest BCUT2D eigenvalue weighted by molar-refractivity contribution is 9.09. The number of carbonyl (C=O) groups is 2. The van der Waals surface area contributed by atoms with E-state index in [2.05, 4.69) is 50.6 Å². The van der Waals surface area contributed by atoms with Crippen molar-refractivity contribution in [2.45, 2.75) is 25.9 Å². The van der Waals surface area contributed by atoms with Crippen molar-refractivity contribution in [1.29, 1.82) is 0 Å². The molecule has 6 nitrogen and oxygen atoms in total. The summed E-state index contributed by atoms with van der Waals surface area (Å²) in [5.41, 5.74) is 1.11. The van der Waals surface area contributed by atoms with Crippen LogP contribution in [0.2, 0.25) is 0 Å². The maximum atomic E-state index is 12.7. The quantitative estimate of drug-likeness (QED) is 0.343. The van der Waals surface area contributed by atoms with Gasteiger partial charge in [0.1, 0.15) is 11.6 Å². The summed E-state index contributed by atoms with van der Waals surface area (Å²) in [5, 5.41) is 10.2. The van der Waals surface area contributed by atoms with E-state index in [1.165, 1.54) is 36.4 Å². The highest BCUT2D eigenvalue weighted by Crippen LogP contribution is 2.07. The molecule has 2 aromatic carbocycles. The number of Topliss-reactive ketones (excluding diaryl/α,β-unsaturated/α-hetero) is 2. The molecule has 2 aliphatic rings. The van der Waals surface area contributed by atoms with E-state index in [1.807, 2.05) is 0 Å². The predicted octanol–water partition coefficient (Wildman–Crippen LogP) is 3.85. The SMILES string of the molecule is Br.C[C@H]1CN(CC(=O)c2ccc(F)cc2)CCN1.C[C@H]1CNCCN1.O=C(CBr)c1ccc(F)cc1. The zero-order valence-corrected chi connectivity index (χ0v) is 24.0. The number of ketones is 2. The lowest BCUT2D eigenvalue weighted by Crippen LogP contribution is -2.50. The maximum Gasteiger partial charge on any atom is 0.176 e. The molecule has 2 aromatic rings. The zero-order chi connectivity index (χ0) is 25.6. The second-order valence-electron chi connectivity index (χ2n) is 8.64. The third-order valence-corrected chi connectivity index (χ3v) is 6.03. The molecular formula is C26H36Br2F2N4O2. The van der Waals surface area contributed by atoms with Crippen LogP contribution in [-0.4, -0.2) is 79.7 Å². The number of rotatable bonds is 5. The number of halogens is 4. The second-order valence-corrected chi connectivity index (χ2v) is 9.20. The Morgan fingerprint density at radius 1 is 0.861 bits per heavy atom. The van der Waals surface area contributed by atoms with Crippen molar-refractivity contribution in [2.75, 3.05) is 51.1 Å². The predicted molar refractivity (Wildman–Crippen MR) is 150 cm³/mol. The number of hydrogen-bond donors (Lipinski definition) is 3. The van der Waals surface area contributed by atoms with Crippen LogP contribution in [0.4, 0.5) is 8.78 Å². The number of benzene rings is 2. The van der Waals surface area contributed by atoms with Crippen LogP contribution in [0.15, 0.2) is 48.5 Å². The van der Waals surface area contributed by atoms with Crippen LogP contribution < -0.4 is 16.0 Å². The van der Waals surface area contributed by atoms with Gasteiger partial charge in [0.2, 0.25) is 0 Å². The summed E-state index contributed by atoms with van der Waals surface area (Å²) in [6.07, 6.45) is 0. The summed E-state index contributed by atoms with van der Waals surface area (Å²) in [5.74, 6) is -0.613. The third kappa shape index (κ3) is 12.6. The fraction of sp³-hybridized carbons (Fsp3) is 0.462. The van der Waals surface area contributed by atoms with E-state index >= 15 is 0 Å². The molecule has 0 radical (unpaired) electrons. The van der Waals surface area contributed by atoms with Crippen molar-refractivity contribution in [3.63, 3.8) is 0 Å². The van der Waals surface area contributed by atoms with Gasteiger partial charge in [-0.3, -0.25) is 14.5 Å². The molecule has 36 heavy (non-hydrogen) atoms. The first kappa shape index (κ1) is 32.5. The highest BCUT2D eigenvalue weighted by atomic mass is 79.9. The van der Waals surface area contributed by atoms with E-state index < -0.39 is 0 Å². The van der Waals surface area contributed by atoms with E-state index in [4.69, 9.17) is 0 Å². The fourth-order valence-corrected chi connectivity index (χ4v) is 3.92. The van der Waals surface area contributed by atoms with E-state index in [-0.39, 0.29) is 45.5 Å². The molecule has 2 atom stereocenters. The highest BCUT2D eigenvalue weighted by Gasteiger charge is 2.18. The Morgan fingerprint density at radius 2 is 1.39 bits per heavy atom. The molecule has 2 aliphatic heterocycles. The molecular weight excluding hydrogens is 598 g/mol. The molecule has 0 unspecified atom stereocenters. The first-order valence-electron chi connectivity index (χ1n) is 11.8. The number of alkyl halides is 1. The number of hydrogen-bond acceptors (Lipinski definition) is 6. The van der Waals surface area contributed by atoms with Gasteiger partial charge in [-0.05, 0) is 62.4 Å². The summed E-state index contributed by atoms with van der Waals surface area (Å²) < 4.78 is 25.1. The van der Waals surface area contributed by atoms with Crippen molar-refractivity contribution in [3.05, 3.63) is 71.3 Å².